The van der Waals surface area contributed by atoms with Gasteiger partial charge in [-0.05, 0) is 42.2 Å². The number of carbonyl (C=O) groups excluding carboxylic acids is 1. The molecular formula is C20H18ClNO4. The minimum Gasteiger partial charge on any atom is -0.468 e. The summed E-state index contributed by atoms with van der Waals surface area (Å²) in [6.45, 7) is 1.90. The van der Waals surface area contributed by atoms with E-state index in [1.165, 1.54) is 19.2 Å². The molecule has 2 atom stereocenters. The van der Waals surface area contributed by atoms with Gasteiger partial charge in [0.2, 0.25) is 0 Å². The Hall–Kier alpha value is -2.66. The van der Waals surface area contributed by atoms with E-state index in [4.69, 9.17) is 16.3 Å². The zero-order chi connectivity index (χ0) is 18.9. The third kappa shape index (κ3) is 2.99. The van der Waals surface area contributed by atoms with Crippen LogP contribution in [0.1, 0.15) is 24.0 Å². The van der Waals surface area contributed by atoms with Gasteiger partial charge in [-0.3, -0.25) is 14.9 Å². The normalized spacial score (nSPS) is 22.9. The standard InChI is InChI=1S/C20H18ClNO4/c1-3-17-18(14-6-8-15(21)9-7-14)20(17,19(23)26-2)12-13-4-10-16(11-5-13)22(24)25/h3-11,18H,12H2,1-2H3/b17-3+/t18?,20-/m0/s1. The van der Waals surface area contributed by atoms with Crippen LogP contribution in [0.5, 0.6) is 0 Å². The maximum Gasteiger partial charge on any atom is 0.317 e. The first kappa shape index (κ1) is 18.1. The van der Waals surface area contributed by atoms with Crippen molar-refractivity contribution in [3.63, 3.8) is 0 Å². The SMILES string of the molecule is C/C=C1\C(c2ccc(Cl)cc2)[C@@]1(Cc1ccc([N+](=O)[O-])cc1)C(=O)OC. The van der Waals surface area contributed by atoms with Gasteiger partial charge in [-0.15, -0.1) is 0 Å². The minimum absolute atomic E-state index is 0.0252. The summed E-state index contributed by atoms with van der Waals surface area (Å²) in [5, 5.41) is 11.5. The molecule has 0 aliphatic heterocycles. The van der Waals surface area contributed by atoms with E-state index in [1.54, 1.807) is 24.3 Å². The Morgan fingerprint density at radius 3 is 2.35 bits per heavy atom. The molecule has 5 nitrogen and oxygen atoms in total. The molecule has 1 unspecified atom stereocenters. The van der Waals surface area contributed by atoms with Crippen molar-refractivity contribution in [3.05, 3.63) is 86.4 Å². The first-order valence-corrected chi connectivity index (χ1v) is 8.55. The number of ether oxygens (including phenoxy) is 1. The molecule has 2 aromatic rings. The molecule has 0 aromatic heterocycles. The van der Waals surface area contributed by atoms with Crippen LogP contribution in [0, 0.1) is 15.5 Å². The maximum atomic E-state index is 12.7. The number of rotatable bonds is 5. The minimum atomic E-state index is -0.784. The first-order chi connectivity index (χ1) is 12.4. The largest absolute Gasteiger partial charge is 0.468 e. The van der Waals surface area contributed by atoms with Gasteiger partial charge >= 0.3 is 5.97 Å². The van der Waals surface area contributed by atoms with Gasteiger partial charge in [0, 0.05) is 23.1 Å². The summed E-state index contributed by atoms with van der Waals surface area (Å²) in [4.78, 5) is 23.1. The number of allylic oxidation sites excluding steroid dienone is 1. The molecule has 26 heavy (non-hydrogen) atoms. The molecule has 3 rings (SSSR count). The number of methoxy groups -OCH3 is 1. The van der Waals surface area contributed by atoms with Gasteiger partial charge in [0.05, 0.1) is 12.0 Å². The van der Waals surface area contributed by atoms with E-state index < -0.39 is 10.3 Å². The Balaban J connectivity index is 1.98. The van der Waals surface area contributed by atoms with E-state index >= 15 is 0 Å². The summed E-state index contributed by atoms with van der Waals surface area (Å²) < 4.78 is 5.11. The smallest absolute Gasteiger partial charge is 0.317 e. The summed E-state index contributed by atoms with van der Waals surface area (Å²) in [6.07, 6.45) is 2.37. The molecule has 0 heterocycles. The molecule has 134 valence electrons. The average molecular weight is 372 g/mol. The fraction of sp³-hybridized carbons (Fsp3) is 0.250. The van der Waals surface area contributed by atoms with Crippen LogP contribution < -0.4 is 0 Å². The van der Waals surface area contributed by atoms with Crippen LogP contribution in [0.2, 0.25) is 5.02 Å². The van der Waals surface area contributed by atoms with E-state index in [-0.39, 0.29) is 17.6 Å². The molecule has 1 aliphatic rings. The molecule has 1 fully saturated rings. The summed E-state index contributed by atoms with van der Waals surface area (Å²) in [5.41, 5.74) is 2.07. The fourth-order valence-corrected chi connectivity index (χ4v) is 3.82. The van der Waals surface area contributed by atoms with Crippen LogP contribution in [0.25, 0.3) is 0 Å². The maximum absolute atomic E-state index is 12.7. The number of carbonyl (C=O) groups is 1. The van der Waals surface area contributed by atoms with Crippen LogP contribution in [-0.4, -0.2) is 18.0 Å². The number of hydrogen-bond donors (Lipinski definition) is 0. The van der Waals surface area contributed by atoms with Crippen molar-refractivity contribution in [1.82, 2.24) is 0 Å². The Morgan fingerprint density at radius 2 is 1.85 bits per heavy atom. The molecular weight excluding hydrogens is 354 g/mol. The molecule has 6 heteroatoms. The Morgan fingerprint density at radius 1 is 1.23 bits per heavy atom. The number of halogens is 1. The Bertz CT molecular complexity index is 874. The number of esters is 1. The average Bonchev–Trinajstić information content (AvgIpc) is 3.30. The molecule has 1 aliphatic carbocycles. The van der Waals surface area contributed by atoms with Gasteiger partial charge in [0.1, 0.15) is 5.41 Å². The van der Waals surface area contributed by atoms with E-state index in [9.17, 15) is 14.9 Å². The molecule has 0 bridgehead atoms. The van der Waals surface area contributed by atoms with Crippen LogP contribution in [0.4, 0.5) is 5.69 Å². The summed E-state index contributed by atoms with van der Waals surface area (Å²) in [7, 11) is 1.38. The van der Waals surface area contributed by atoms with Crippen LogP contribution in [0.3, 0.4) is 0 Å². The Labute approximate surface area is 156 Å². The second-order valence-electron chi connectivity index (χ2n) is 6.29. The van der Waals surface area contributed by atoms with E-state index in [1.807, 2.05) is 25.1 Å². The van der Waals surface area contributed by atoms with Gasteiger partial charge in [0.25, 0.3) is 5.69 Å². The van der Waals surface area contributed by atoms with E-state index in [2.05, 4.69) is 0 Å². The van der Waals surface area contributed by atoms with E-state index in [0.717, 1.165) is 16.7 Å². The molecule has 0 N–H and O–H groups in total. The summed E-state index contributed by atoms with van der Waals surface area (Å²) >= 11 is 5.98. The summed E-state index contributed by atoms with van der Waals surface area (Å²) in [6, 6.07) is 13.7. The van der Waals surface area contributed by atoms with E-state index in [0.29, 0.717) is 11.4 Å². The monoisotopic (exact) mass is 371 g/mol. The van der Waals surface area contributed by atoms with Crippen molar-refractivity contribution >= 4 is 23.3 Å². The molecule has 0 saturated heterocycles. The molecule has 0 spiro atoms. The lowest BCUT2D eigenvalue weighted by Crippen LogP contribution is -2.22. The lowest BCUT2D eigenvalue weighted by atomic mass is 9.91. The Kier molecular flexibility index (Phi) is 4.83. The third-order valence-electron chi connectivity index (χ3n) is 4.93. The molecule has 0 amide bonds. The second kappa shape index (κ2) is 6.92. The van der Waals surface area contributed by atoms with Gasteiger partial charge in [-0.1, -0.05) is 41.9 Å². The van der Waals surface area contributed by atoms with Crippen LogP contribution >= 0.6 is 11.6 Å². The number of hydrogen-bond acceptors (Lipinski definition) is 4. The van der Waals surface area contributed by atoms with Crippen LogP contribution in [-0.2, 0) is 16.0 Å². The number of non-ortho nitro benzene ring substituents is 1. The highest BCUT2D eigenvalue weighted by molar-refractivity contribution is 6.30. The predicted molar refractivity (Wildman–Crippen MR) is 99.2 cm³/mol. The number of nitrogens with zero attached hydrogens (tertiary/aromatic N) is 1. The first-order valence-electron chi connectivity index (χ1n) is 8.18. The number of nitro groups is 1. The number of nitro benzene ring substituents is 1. The third-order valence-corrected chi connectivity index (χ3v) is 5.18. The van der Waals surface area contributed by atoms with Crippen molar-refractivity contribution < 1.29 is 14.5 Å². The molecule has 0 radical (unpaired) electrons. The van der Waals surface area contributed by atoms with Crippen molar-refractivity contribution in [2.75, 3.05) is 7.11 Å². The zero-order valence-corrected chi connectivity index (χ0v) is 15.2. The summed E-state index contributed by atoms with van der Waals surface area (Å²) in [5.74, 6) is -0.392. The lowest BCUT2D eigenvalue weighted by Gasteiger charge is -2.15. The number of benzene rings is 2. The van der Waals surface area contributed by atoms with Crippen molar-refractivity contribution in [1.29, 1.82) is 0 Å². The zero-order valence-electron chi connectivity index (χ0n) is 14.4. The highest BCUT2D eigenvalue weighted by Gasteiger charge is 2.65. The molecule has 2 aromatic carbocycles. The highest BCUT2D eigenvalue weighted by Crippen LogP contribution is 2.66. The molecule has 1 saturated carbocycles. The van der Waals surface area contributed by atoms with Gasteiger partial charge < -0.3 is 4.74 Å². The van der Waals surface area contributed by atoms with Crippen molar-refractivity contribution in [2.45, 2.75) is 19.3 Å². The fourth-order valence-electron chi connectivity index (χ4n) is 3.69. The van der Waals surface area contributed by atoms with Crippen molar-refractivity contribution in [2.24, 2.45) is 5.41 Å². The van der Waals surface area contributed by atoms with Gasteiger partial charge in [-0.2, -0.15) is 0 Å². The topological polar surface area (TPSA) is 69.4 Å². The van der Waals surface area contributed by atoms with Crippen molar-refractivity contribution in [3.8, 4) is 0 Å². The highest BCUT2D eigenvalue weighted by atomic mass is 35.5. The van der Waals surface area contributed by atoms with Gasteiger partial charge in [-0.25, -0.2) is 0 Å². The van der Waals surface area contributed by atoms with Crippen LogP contribution in [0.15, 0.2) is 60.2 Å². The quantitative estimate of drug-likeness (QED) is 0.331. The lowest BCUT2D eigenvalue weighted by molar-refractivity contribution is -0.384. The van der Waals surface area contributed by atoms with Gasteiger partial charge in [0.15, 0.2) is 0 Å². The predicted octanol–water partition coefficient (Wildman–Crippen LogP) is 4.69. The second-order valence-corrected chi connectivity index (χ2v) is 6.73.